The summed E-state index contributed by atoms with van der Waals surface area (Å²) in [5.41, 5.74) is 2.18. The van der Waals surface area contributed by atoms with E-state index in [0.717, 1.165) is 23.8 Å². The Kier molecular flexibility index (Phi) is 9.16. The number of hydrogen-bond donors (Lipinski definition) is 1. The number of aryl methyl sites for hydroxylation is 1. The Morgan fingerprint density at radius 2 is 1.62 bits per heavy atom. The number of carbonyl (C=O) groups is 1. The third kappa shape index (κ3) is 7.04. The van der Waals surface area contributed by atoms with Crippen LogP contribution in [0.3, 0.4) is 0 Å². The number of ether oxygens (including phenoxy) is 2. The third-order valence-corrected chi connectivity index (χ3v) is 8.05. The summed E-state index contributed by atoms with van der Waals surface area (Å²) in [6, 6.07) is 21.3. The molecule has 0 fully saturated rings. The van der Waals surface area contributed by atoms with Crippen LogP contribution in [0.15, 0.2) is 89.8 Å². The summed E-state index contributed by atoms with van der Waals surface area (Å²) in [7, 11) is -1.02. The van der Waals surface area contributed by atoms with E-state index in [1.54, 1.807) is 36.4 Å². The van der Waals surface area contributed by atoms with Crippen LogP contribution in [0.4, 0.5) is 8.78 Å². The van der Waals surface area contributed by atoms with Gasteiger partial charge in [-0.2, -0.15) is 0 Å². The number of methoxy groups -OCH3 is 2. The minimum Gasteiger partial charge on any atom is -0.497 e. The molecule has 0 saturated heterocycles. The smallest absolute Gasteiger partial charge is 0.251 e. The van der Waals surface area contributed by atoms with E-state index < -0.39 is 21.5 Å². The van der Waals surface area contributed by atoms with Gasteiger partial charge in [0.15, 0.2) is 9.84 Å². The second-order valence-electron chi connectivity index (χ2n) is 9.16. The molecule has 0 bridgehead atoms. The van der Waals surface area contributed by atoms with Gasteiger partial charge in [-0.15, -0.1) is 0 Å². The molecule has 0 aliphatic carbocycles. The monoisotopic (exact) mass is 565 g/mol. The van der Waals surface area contributed by atoms with Crippen molar-refractivity contribution in [1.82, 2.24) is 5.32 Å². The first kappa shape index (κ1) is 28.8. The van der Waals surface area contributed by atoms with Crippen LogP contribution in [0.5, 0.6) is 11.5 Å². The molecule has 1 amide bonds. The van der Waals surface area contributed by atoms with Gasteiger partial charge in [-0.25, -0.2) is 17.2 Å². The number of benzene rings is 4. The zero-order valence-corrected chi connectivity index (χ0v) is 22.9. The molecule has 4 aromatic rings. The van der Waals surface area contributed by atoms with E-state index in [4.69, 9.17) is 9.47 Å². The molecule has 0 heterocycles. The topological polar surface area (TPSA) is 81.7 Å². The Balaban J connectivity index is 1.44. The van der Waals surface area contributed by atoms with Crippen molar-refractivity contribution in [2.24, 2.45) is 0 Å². The van der Waals surface area contributed by atoms with E-state index in [-0.39, 0.29) is 33.4 Å². The van der Waals surface area contributed by atoms with Gasteiger partial charge in [0, 0.05) is 17.7 Å². The van der Waals surface area contributed by atoms with Crippen molar-refractivity contribution in [2.75, 3.05) is 20.8 Å². The highest BCUT2D eigenvalue weighted by Crippen LogP contribution is 2.33. The number of sulfone groups is 1. The molecule has 6 nitrogen and oxygen atoms in total. The Bertz CT molecular complexity index is 1620. The summed E-state index contributed by atoms with van der Waals surface area (Å²) in [4.78, 5) is 12.3. The lowest BCUT2D eigenvalue weighted by atomic mass is 10.0. The number of nitrogens with one attached hydrogen (secondary N) is 1. The second kappa shape index (κ2) is 12.7. The number of rotatable bonds is 11. The molecule has 0 aliphatic rings. The highest BCUT2D eigenvalue weighted by Gasteiger charge is 2.22. The average Bonchev–Trinajstić information content (AvgIpc) is 2.96. The predicted octanol–water partition coefficient (Wildman–Crippen LogP) is 5.99. The van der Waals surface area contributed by atoms with Gasteiger partial charge in [-0.05, 0) is 78.1 Å². The fourth-order valence-corrected chi connectivity index (χ4v) is 5.88. The molecule has 0 spiro atoms. The van der Waals surface area contributed by atoms with Crippen LogP contribution in [0.25, 0.3) is 11.1 Å². The van der Waals surface area contributed by atoms with E-state index in [1.807, 2.05) is 12.1 Å². The van der Waals surface area contributed by atoms with Gasteiger partial charge in [-0.3, -0.25) is 4.79 Å². The maximum absolute atomic E-state index is 14.4. The fourth-order valence-electron chi connectivity index (χ4n) is 4.34. The minimum atomic E-state index is -3.91. The van der Waals surface area contributed by atoms with Crippen LogP contribution in [0, 0.1) is 11.6 Å². The zero-order valence-electron chi connectivity index (χ0n) is 22.1. The number of carbonyl (C=O) groups excluding carboxylic acids is 1. The van der Waals surface area contributed by atoms with Crippen LogP contribution in [-0.4, -0.2) is 35.1 Å². The lowest BCUT2D eigenvalue weighted by molar-refractivity contribution is 0.0953. The zero-order chi connectivity index (χ0) is 28.7. The van der Waals surface area contributed by atoms with Crippen molar-refractivity contribution in [2.45, 2.75) is 23.5 Å². The Labute approximate surface area is 232 Å². The van der Waals surface area contributed by atoms with Crippen molar-refractivity contribution < 1.29 is 31.5 Å². The van der Waals surface area contributed by atoms with Crippen LogP contribution in [0.1, 0.15) is 27.9 Å². The molecule has 0 atom stereocenters. The van der Waals surface area contributed by atoms with Gasteiger partial charge in [-0.1, -0.05) is 36.4 Å². The highest BCUT2D eigenvalue weighted by molar-refractivity contribution is 7.90. The van der Waals surface area contributed by atoms with Crippen molar-refractivity contribution in [1.29, 1.82) is 0 Å². The van der Waals surface area contributed by atoms with Gasteiger partial charge in [0.25, 0.3) is 5.91 Å². The van der Waals surface area contributed by atoms with E-state index in [2.05, 4.69) is 5.32 Å². The SMILES string of the molecule is COc1cccc(C(=O)NCCCc2cccc(CS(=O)(=O)c3cc(-c4cc(F)ccc4F)ccc3OC)c2)c1. The molecule has 40 heavy (non-hydrogen) atoms. The standard InChI is InChI=1S/C31H29F2NO5S/c1-38-26-10-4-9-24(17-26)31(35)34-15-5-8-21-6-3-7-22(16-21)20-40(36,37)30-18-23(11-14-29(30)39-2)27-19-25(32)12-13-28(27)33/h3-4,6-7,9-14,16-19H,5,8,15,20H2,1-2H3,(H,34,35). The molecule has 0 aliphatic heterocycles. The first-order valence-electron chi connectivity index (χ1n) is 12.6. The van der Waals surface area contributed by atoms with E-state index in [9.17, 15) is 22.0 Å². The molecular weight excluding hydrogens is 536 g/mol. The Hall–Kier alpha value is -4.24. The predicted molar refractivity (Wildman–Crippen MR) is 149 cm³/mol. The average molecular weight is 566 g/mol. The quantitative estimate of drug-likeness (QED) is 0.226. The first-order valence-corrected chi connectivity index (χ1v) is 14.2. The van der Waals surface area contributed by atoms with E-state index in [0.29, 0.717) is 36.3 Å². The molecule has 4 aromatic carbocycles. The summed E-state index contributed by atoms with van der Waals surface area (Å²) in [6.45, 7) is 0.444. The summed E-state index contributed by atoms with van der Waals surface area (Å²) < 4.78 is 65.4. The van der Waals surface area contributed by atoms with Gasteiger partial charge in [0.2, 0.25) is 0 Å². The lowest BCUT2D eigenvalue weighted by Crippen LogP contribution is -2.24. The van der Waals surface area contributed by atoms with Crippen LogP contribution >= 0.6 is 0 Å². The van der Waals surface area contributed by atoms with Gasteiger partial charge < -0.3 is 14.8 Å². The molecule has 0 unspecified atom stereocenters. The highest BCUT2D eigenvalue weighted by atomic mass is 32.2. The molecule has 4 rings (SSSR count). The number of hydrogen-bond acceptors (Lipinski definition) is 5. The number of halogens is 2. The summed E-state index contributed by atoms with van der Waals surface area (Å²) in [5.74, 6) is -1.09. The number of amides is 1. The summed E-state index contributed by atoms with van der Waals surface area (Å²) in [6.07, 6.45) is 1.28. The van der Waals surface area contributed by atoms with Crippen LogP contribution in [0.2, 0.25) is 0 Å². The van der Waals surface area contributed by atoms with E-state index in [1.165, 1.54) is 32.4 Å². The van der Waals surface area contributed by atoms with Crippen molar-refractivity contribution in [3.8, 4) is 22.6 Å². The normalized spacial score (nSPS) is 11.2. The van der Waals surface area contributed by atoms with E-state index >= 15 is 0 Å². The fraction of sp³-hybridized carbons (Fsp3) is 0.194. The maximum atomic E-state index is 14.4. The Morgan fingerprint density at radius 1 is 0.850 bits per heavy atom. The maximum Gasteiger partial charge on any atom is 0.251 e. The second-order valence-corrected chi connectivity index (χ2v) is 11.1. The largest absolute Gasteiger partial charge is 0.497 e. The lowest BCUT2D eigenvalue weighted by Gasteiger charge is -2.13. The molecule has 9 heteroatoms. The molecular formula is C31H29F2NO5S. The van der Waals surface area contributed by atoms with Gasteiger partial charge in [0.1, 0.15) is 28.0 Å². The van der Waals surface area contributed by atoms with Crippen molar-refractivity contribution >= 4 is 15.7 Å². The third-order valence-electron chi connectivity index (χ3n) is 6.35. The van der Waals surface area contributed by atoms with Crippen molar-refractivity contribution in [3.63, 3.8) is 0 Å². The molecule has 0 saturated carbocycles. The van der Waals surface area contributed by atoms with Crippen molar-refractivity contribution in [3.05, 3.63) is 113 Å². The van der Waals surface area contributed by atoms with Crippen LogP contribution in [-0.2, 0) is 22.0 Å². The summed E-state index contributed by atoms with van der Waals surface area (Å²) in [5, 5.41) is 2.88. The van der Waals surface area contributed by atoms with Gasteiger partial charge >= 0.3 is 0 Å². The molecule has 0 aromatic heterocycles. The van der Waals surface area contributed by atoms with Crippen LogP contribution < -0.4 is 14.8 Å². The summed E-state index contributed by atoms with van der Waals surface area (Å²) >= 11 is 0. The molecule has 208 valence electrons. The van der Waals surface area contributed by atoms with Gasteiger partial charge in [0.05, 0.1) is 20.0 Å². The first-order chi connectivity index (χ1) is 19.2. The minimum absolute atomic E-state index is 0.0420. The Morgan fingerprint density at radius 3 is 2.40 bits per heavy atom. The molecule has 0 radical (unpaired) electrons. The molecule has 1 N–H and O–H groups in total.